The van der Waals surface area contributed by atoms with Crippen molar-refractivity contribution in [1.29, 1.82) is 0 Å². The van der Waals surface area contributed by atoms with Gasteiger partial charge in [-0.15, -0.1) is 0 Å². The molecule has 0 saturated carbocycles. The van der Waals surface area contributed by atoms with Gasteiger partial charge in [-0.3, -0.25) is 10.1 Å². The molecule has 0 radical (unpaired) electrons. The Hall–Kier alpha value is -2.08. The summed E-state index contributed by atoms with van der Waals surface area (Å²) in [4.78, 5) is 9.76. The number of alkyl halides is 4. The summed E-state index contributed by atoms with van der Waals surface area (Å²) in [5.74, 6) is -4.05. The van der Waals surface area contributed by atoms with Crippen molar-refractivity contribution in [3.63, 3.8) is 0 Å². The molecule has 110 valence electrons. The number of rotatable bonds is 4. The Labute approximate surface area is 123 Å². The van der Waals surface area contributed by atoms with Crippen molar-refractivity contribution in [1.82, 2.24) is 0 Å². The minimum absolute atomic E-state index is 0.367. The maximum Gasteiger partial charge on any atom is 0.324 e. The van der Waals surface area contributed by atoms with Gasteiger partial charge in [0.15, 0.2) is 0 Å². The van der Waals surface area contributed by atoms with Gasteiger partial charge in [-0.1, -0.05) is 41.9 Å². The SMILES string of the molecule is O=[N+]([O-])c1ccc(C(F)(F)C(F)(Cl)c2ccccc2)cc1. The summed E-state index contributed by atoms with van der Waals surface area (Å²) in [6.07, 6.45) is 0. The third-order valence-corrected chi connectivity index (χ3v) is 3.43. The van der Waals surface area contributed by atoms with Crippen molar-refractivity contribution in [2.75, 3.05) is 0 Å². The van der Waals surface area contributed by atoms with Crippen molar-refractivity contribution >= 4 is 17.3 Å². The summed E-state index contributed by atoms with van der Waals surface area (Å²) in [6, 6.07) is 9.94. The second kappa shape index (κ2) is 5.37. The molecule has 0 bridgehead atoms. The van der Waals surface area contributed by atoms with Gasteiger partial charge in [0.25, 0.3) is 10.8 Å². The van der Waals surface area contributed by atoms with E-state index in [0.717, 1.165) is 36.4 Å². The maximum absolute atomic E-state index is 14.4. The fourth-order valence-electron chi connectivity index (χ4n) is 1.80. The van der Waals surface area contributed by atoms with Gasteiger partial charge in [-0.2, -0.15) is 8.78 Å². The molecule has 0 amide bonds. The van der Waals surface area contributed by atoms with Crippen LogP contribution < -0.4 is 0 Å². The van der Waals surface area contributed by atoms with E-state index in [1.807, 2.05) is 0 Å². The van der Waals surface area contributed by atoms with Gasteiger partial charge in [0.2, 0.25) is 0 Å². The number of benzene rings is 2. The Bertz CT molecular complexity index is 645. The second-order valence-corrected chi connectivity index (χ2v) is 4.84. The molecule has 1 atom stereocenters. The predicted octanol–water partition coefficient (Wildman–Crippen LogP) is 4.75. The van der Waals surface area contributed by atoms with E-state index < -0.39 is 27.1 Å². The van der Waals surface area contributed by atoms with Crippen LogP contribution in [-0.2, 0) is 11.1 Å². The normalized spacial score (nSPS) is 14.5. The average Bonchev–Trinajstić information content (AvgIpc) is 2.48. The molecule has 0 spiro atoms. The van der Waals surface area contributed by atoms with Crippen molar-refractivity contribution in [3.05, 3.63) is 75.8 Å². The molecular formula is C14H9ClF3NO2. The van der Waals surface area contributed by atoms with E-state index in [0.29, 0.717) is 0 Å². The molecule has 21 heavy (non-hydrogen) atoms. The number of nitro groups is 1. The summed E-state index contributed by atoms with van der Waals surface area (Å²) in [6.45, 7) is 0. The lowest BCUT2D eigenvalue weighted by molar-refractivity contribution is -0.384. The lowest BCUT2D eigenvalue weighted by Crippen LogP contribution is -2.34. The average molecular weight is 316 g/mol. The van der Waals surface area contributed by atoms with Crippen LogP contribution >= 0.6 is 11.6 Å². The van der Waals surface area contributed by atoms with Crippen LogP contribution in [0.2, 0.25) is 0 Å². The standard InChI is InChI=1S/C14H9ClF3NO2/c15-13(16,10-4-2-1-3-5-10)14(17,18)11-6-8-12(9-7-11)19(20)21/h1-9H. The summed E-state index contributed by atoms with van der Waals surface area (Å²) in [5.41, 5.74) is -1.50. The Morgan fingerprint density at radius 3 is 1.90 bits per heavy atom. The fraction of sp³-hybridized carbons (Fsp3) is 0.143. The van der Waals surface area contributed by atoms with E-state index in [2.05, 4.69) is 0 Å². The van der Waals surface area contributed by atoms with Gasteiger partial charge < -0.3 is 0 Å². The van der Waals surface area contributed by atoms with Gasteiger partial charge in [0.1, 0.15) is 0 Å². The first-order valence-electron chi connectivity index (χ1n) is 5.83. The third kappa shape index (κ3) is 2.71. The van der Waals surface area contributed by atoms with E-state index in [1.165, 1.54) is 12.1 Å². The molecule has 1 unspecified atom stereocenters. The van der Waals surface area contributed by atoms with Gasteiger partial charge in [0, 0.05) is 23.3 Å². The molecule has 3 nitrogen and oxygen atoms in total. The lowest BCUT2D eigenvalue weighted by Gasteiger charge is -2.28. The molecule has 0 aliphatic heterocycles. The van der Waals surface area contributed by atoms with Crippen molar-refractivity contribution < 1.29 is 18.1 Å². The number of halogens is 4. The third-order valence-electron chi connectivity index (χ3n) is 2.97. The van der Waals surface area contributed by atoms with Crippen LogP contribution in [0.3, 0.4) is 0 Å². The van der Waals surface area contributed by atoms with E-state index in [-0.39, 0.29) is 5.69 Å². The fourth-order valence-corrected chi connectivity index (χ4v) is 2.04. The van der Waals surface area contributed by atoms with Crippen LogP contribution in [0.5, 0.6) is 0 Å². The molecule has 2 aromatic carbocycles. The first-order chi connectivity index (χ1) is 9.76. The summed E-state index contributed by atoms with van der Waals surface area (Å²) >= 11 is 5.44. The number of hydrogen-bond acceptors (Lipinski definition) is 2. The highest BCUT2D eigenvalue weighted by atomic mass is 35.5. The Morgan fingerprint density at radius 2 is 1.43 bits per heavy atom. The molecule has 0 aromatic heterocycles. The quantitative estimate of drug-likeness (QED) is 0.464. The predicted molar refractivity (Wildman–Crippen MR) is 72.1 cm³/mol. The van der Waals surface area contributed by atoms with E-state index in [1.54, 1.807) is 6.07 Å². The highest BCUT2D eigenvalue weighted by molar-refractivity contribution is 6.23. The zero-order valence-corrected chi connectivity index (χ0v) is 11.2. The van der Waals surface area contributed by atoms with E-state index >= 15 is 0 Å². The van der Waals surface area contributed by atoms with Crippen LogP contribution in [-0.4, -0.2) is 4.92 Å². The highest BCUT2D eigenvalue weighted by Gasteiger charge is 2.56. The van der Waals surface area contributed by atoms with Crippen molar-refractivity contribution in [3.8, 4) is 0 Å². The smallest absolute Gasteiger partial charge is 0.258 e. The summed E-state index contributed by atoms with van der Waals surface area (Å²) < 4.78 is 43.0. The number of nitrogens with zero attached hydrogens (tertiary/aromatic N) is 1. The molecule has 2 rings (SSSR count). The molecule has 0 saturated heterocycles. The summed E-state index contributed by atoms with van der Waals surface area (Å²) in [7, 11) is 0. The zero-order chi connectivity index (χ0) is 15.7. The molecular weight excluding hydrogens is 307 g/mol. The largest absolute Gasteiger partial charge is 0.324 e. The molecule has 0 fully saturated rings. The van der Waals surface area contributed by atoms with Crippen LogP contribution in [0.4, 0.5) is 18.9 Å². The van der Waals surface area contributed by atoms with E-state index in [4.69, 9.17) is 11.6 Å². The molecule has 0 aliphatic rings. The molecule has 0 heterocycles. The molecule has 0 aliphatic carbocycles. The first kappa shape index (κ1) is 15.3. The van der Waals surface area contributed by atoms with Crippen LogP contribution in [0.15, 0.2) is 54.6 Å². The molecule has 2 aromatic rings. The van der Waals surface area contributed by atoms with Gasteiger partial charge in [0.05, 0.1) is 4.92 Å². The monoisotopic (exact) mass is 315 g/mol. The number of hydrogen-bond donors (Lipinski definition) is 0. The van der Waals surface area contributed by atoms with Crippen LogP contribution in [0, 0.1) is 10.1 Å². The minimum atomic E-state index is -4.05. The number of nitro benzene ring substituents is 1. The number of non-ortho nitro benzene ring substituents is 1. The van der Waals surface area contributed by atoms with Crippen molar-refractivity contribution in [2.45, 2.75) is 11.1 Å². The van der Waals surface area contributed by atoms with Crippen LogP contribution in [0.25, 0.3) is 0 Å². The molecule has 7 heteroatoms. The maximum atomic E-state index is 14.4. The Morgan fingerprint density at radius 1 is 0.905 bits per heavy atom. The topological polar surface area (TPSA) is 43.1 Å². The Kier molecular flexibility index (Phi) is 3.91. The molecule has 0 N–H and O–H groups in total. The van der Waals surface area contributed by atoms with Gasteiger partial charge in [-0.05, 0) is 12.1 Å². The Balaban J connectivity index is 2.43. The minimum Gasteiger partial charge on any atom is -0.258 e. The van der Waals surface area contributed by atoms with Crippen molar-refractivity contribution in [2.24, 2.45) is 0 Å². The zero-order valence-electron chi connectivity index (χ0n) is 10.5. The lowest BCUT2D eigenvalue weighted by atomic mass is 9.97. The van der Waals surface area contributed by atoms with Crippen LogP contribution in [0.1, 0.15) is 11.1 Å². The first-order valence-corrected chi connectivity index (χ1v) is 6.20. The highest BCUT2D eigenvalue weighted by Crippen LogP contribution is 2.51. The summed E-state index contributed by atoms with van der Waals surface area (Å²) in [5, 5.41) is 7.04. The van der Waals surface area contributed by atoms with Gasteiger partial charge >= 0.3 is 5.92 Å². The second-order valence-electron chi connectivity index (χ2n) is 4.32. The van der Waals surface area contributed by atoms with Gasteiger partial charge in [-0.25, -0.2) is 4.39 Å². The van der Waals surface area contributed by atoms with E-state index in [9.17, 15) is 23.3 Å².